The van der Waals surface area contributed by atoms with Gasteiger partial charge in [0.2, 0.25) is 11.8 Å². The molecule has 3 aliphatic heterocycles. The van der Waals surface area contributed by atoms with Gasteiger partial charge in [0.1, 0.15) is 5.82 Å². The monoisotopic (exact) mass is 331 g/mol. The van der Waals surface area contributed by atoms with E-state index in [0.717, 1.165) is 39.0 Å². The molecule has 0 saturated carbocycles. The normalized spacial score (nSPS) is 26.2. The van der Waals surface area contributed by atoms with Crippen LogP contribution in [0.4, 0.5) is 10.1 Å². The Labute approximate surface area is 140 Å². The van der Waals surface area contributed by atoms with E-state index in [-0.39, 0.29) is 17.6 Å². The fraction of sp³-hybridized carbons (Fsp3) is 0.556. The van der Waals surface area contributed by atoms with Crippen LogP contribution in [-0.2, 0) is 9.59 Å². The van der Waals surface area contributed by atoms with Crippen LogP contribution in [-0.4, -0.2) is 38.0 Å². The van der Waals surface area contributed by atoms with Crippen molar-refractivity contribution in [2.45, 2.75) is 31.6 Å². The average molecular weight is 331 g/mol. The molecule has 1 aromatic carbocycles. The Hall–Kier alpha value is -1.95. The molecular weight excluding hydrogens is 309 g/mol. The molecule has 0 aromatic heterocycles. The van der Waals surface area contributed by atoms with Crippen LogP contribution >= 0.6 is 0 Å². The van der Waals surface area contributed by atoms with Crippen LogP contribution < -0.4 is 15.5 Å². The number of anilines is 1. The van der Waals surface area contributed by atoms with E-state index in [1.165, 1.54) is 6.07 Å². The molecule has 2 N–H and O–H groups in total. The number of carbonyl (C=O) groups excluding carboxylic acids is 2. The van der Waals surface area contributed by atoms with Crippen molar-refractivity contribution in [2.75, 3.05) is 31.1 Å². The highest BCUT2D eigenvalue weighted by atomic mass is 19.1. The highest BCUT2D eigenvalue weighted by molar-refractivity contribution is 6.00. The highest BCUT2D eigenvalue weighted by Crippen LogP contribution is 2.37. The molecule has 0 radical (unpaired) electrons. The number of piperidine rings is 2. The van der Waals surface area contributed by atoms with Crippen LogP contribution in [0.1, 0.15) is 37.2 Å². The van der Waals surface area contributed by atoms with Gasteiger partial charge in [0.05, 0.1) is 11.6 Å². The lowest BCUT2D eigenvalue weighted by Crippen LogP contribution is -2.58. The van der Waals surface area contributed by atoms with Gasteiger partial charge < -0.3 is 10.2 Å². The maximum atomic E-state index is 14.6. The van der Waals surface area contributed by atoms with Crippen molar-refractivity contribution < 1.29 is 14.0 Å². The average Bonchev–Trinajstić information content (AvgIpc) is 2.53. The highest BCUT2D eigenvalue weighted by Gasteiger charge is 2.40. The second kappa shape index (κ2) is 5.84. The molecule has 2 amide bonds. The number of hydrogen-bond donors (Lipinski definition) is 2. The fourth-order valence-electron chi connectivity index (χ4n) is 4.06. The molecule has 3 heterocycles. The van der Waals surface area contributed by atoms with Gasteiger partial charge >= 0.3 is 0 Å². The number of benzene rings is 1. The van der Waals surface area contributed by atoms with Crippen molar-refractivity contribution in [1.82, 2.24) is 10.6 Å². The smallest absolute Gasteiger partial charge is 0.234 e. The van der Waals surface area contributed by atoms with Crippen LogP contribution in [0.25, 0.3) is 0 Å². The molecule has 0 aliphatic carbocycles. The van der Waals surface area contributed by atoms with Crippen molar-refractivity contribution in [3.8, 4) is 0 Å². The van der Waals surface area contributed by atoms with Crippen molar-refractivity contribution in [2.24, 2.45) is 5.41 Å². The Morgan fingerprint density at radius 3 is 2.50 bits per heavy atom. The van der Waals surface area contributed by atoms with Gasteiger partial charge in [-0.2, -0.15) is 0 Å². The van der Waals surface area contributed by atoms with Gasteiger partial charge in [-0.1, -0.05) is 6.07 Å². The Morgan fingerprint density at radius 2 is 1.92 bits per heavy atom. The minimum atomic E-state index is -0.433. The van der Waals surface area contributed by atoms with Gasteiger partial charge in [-0.05, 0) is 42.4 Å². The molecule has 3 saturated heterocycles. The number of nitrogens with one attached hydrogen (secondary N) is 2. The van der Waals surface area contributed by atoms with E-state index >= 15 is 0 Å². The Morgan fingerprint density at radius 1 is 1.17 bits per heavy atom. The molecule has 1 aromatic rings. The third kappa shape index (κ3) is 2.69. The van der Waals surface area contributed by atoms with Gasteiger partial charge in [-0.25, -0.2) is 4.39 Å². The minimum absolute atomic E-state index is 0.249. The van der Waals surface area contributed by atoms with Gasteiger partial charge in [-0.15, -0.1) is 0 Å². The number of amides is 2. The summed E-state index contributed by atoms with van der Waals surface area (Å²) in [5.74, 6) is -1.28. The van der Waals surface area contributed by atoms with Crippen LogP contribution in [0.2, 0.25) is 0 Å². The number of carbonyl (C=O) groups is 2. The lowest BCUT2D eigenvalue weighted by atomic mass is 9.73. The molecule has 1 spiro atoms. The SMILES string of the molecule is O=C1CCC(c2ccc(N3CCC4(CC3)CNC4)c(F)c2)C(=O)N1. The van der Waals surface area contributed by atoms with Gasteiger partial charge in [0, 0.05) is 32.6 Å². The summed E-state index contributed by atoms with van der Waals surface area (Å²) in [6.45, 7) is 3.91. The Bertz CT molecular complexity index is 677. The summed E-state index contributed by atoms with van der Waals surface area (Å²) in [5.41, 5.74) is 1.70. The number of nitrogens with zero attached hydrogens (tertiary/aromatic N) is 1. The second-order valence-corrected chi connectivity index (χ2v) is 7.31. The van der Waals surface area contributed by atoms with E-state index in [1.807, 2.05) is 6.07 Å². The maximum absolute atomic E-state index is 14.6. The van der Waals surface area contributed by atoms with Crippen LogP contribution in [0.5, 0.6) is 0 Å². The van der Waals surface area contributed by atoms with E-state index in [1.54, 1.807) is 6.07 Å². The van der Waals surface area contributed by atoms with E-state index in [9.17, 15) is 14.0 Å². The van der Waals surface area contributed by atoms with E-state index in [0.29, 0.717) is 29.5 Å². The van der Waals surface area contributed by atoms with Crippen molar-refractivity contribution in [3.05, 3.63) is 29.6 Å². The molecule has 3 aliphatic rings. The second-order valence-electron chi connectivity index (χ2n) is 7.31. The fourth-order valence-corrected chi connectivity index (χ4v) is 4.06. The number of rotatable bonds is 2. The lowest BCUT2D eigenvalue weighted by molar-refractivity contribution is -0.134. The predicted octanol–water partition coefficient (Wildman–Crippen LogP) is 1.54. The molecule has 4 rings (SSSR count). The summed E-state index contributed by atoms with van der Waals surface area (Å²) >= 11 is 0. The van der Waals surface area contributed by atoms with E-state index in [2.05, 4.69) is 15.5 Å². The number of imide groups is 1. The van der Waals surface area contributed by atoms with Crippen LogP contribution in [0.15, 0.2) is 18.2 Å². The first-order chi connectivity index (χ1) is 11.6. The first-order valence-corrected chi connectivity index (χ1v) is 8.65. The molecular formula is C18H22FN3O2. The number of halogens is 1. The van der Waals surface area contributed by atoms with Crippen LogP contribution in [0, 0.1) is 11.2 Å². The molecule has 0 bridgehead atoms. The predicted molar refractivity (Wildman–Crippen MR) is 88.3 cm³/mol. The molecule has 24 heavy (non-hydrogen) atoms. The summed E-state index contributed by atoms with van der Waals surface area (Å²) in [6, 6.07) is 5.07. The quantitative estimate of drug-likeness (QED) is 0.807. The molecule has 5 nitrogen and oxygen atoms in total. The topological polar surface area (TPSA) is 61.4 Å². The molecule has 3 fully saturated rings. The summed E-state index contributed by atoms with van der Waals surface area (Å²) in [7, 11) is 0. The summed E-state index contributed by atoms with van der Waals surface area (Å²) in [6.07, 6.45) is 2.94. The largest absolute Gasteiger partial charge is 0.369 e. The summed E-state index contributed by atoms with van der Waals surface area (Å²) in [5, 5.41) is 5.66. The van der Waals surface area contributed by atoms with E-state index in [4.69, 9.17) is 0 Å². The molecule has 1 atom stereocenters. The van der Waals surface area contributed by atoms with Crippen molar-refractivity contribution >= 4 is 17.5 Å². The van der Waals surface area contributed by atoms with Gasteiger partial charge in [0.15, 0.2) is 0 Å². The first-order valence-electron chi connectivity index (χ1n) is 8.65. The zero-order valence-electron chi connectivity index (χ0n) is 13.6. The minimum Gasteiger partial charge on any atom is -0.369 e. The van der Waals surface area contributed by atoms with Gasteiger partial charge in [0.25, 0.3) is 0 Å². The van der Waals surface area contributed by atoms with Gasteiger partial charge in [-0.3, -0.25) is 14.9 Å². The van der Waals surface area contributed by atoms with Crippen molar-refractivity contribution in [1.29, 1.82) is 0 Å². The molecule has 128 valence electrons. The van der Waals surface area contributed by atoms with Crippen molar-refractivity contribution in [3.63, 3.8) is 0 Å². The first kappa shape index (κ1) is 15.6. The molecule has 1 unspecified atom stereocenters. The Kier molecular flexibility index (Phi) is 3.79. The number of hydrogen-bond acceptors (Lipinski definition) is 4. The third-order valence-corrected chi connectivity index (χ3v) is 5.78. The standard InChI is InChI=1S/C18H22FN3O2/c19-14-9-12(13-2-4-16(23)21-17(13)24)1-3-15(14)22-7-5-18(6-8-22)10-20-11-18/h1,3,9,13,20H,2,4-8,10-11H2,(H,21,23,24). The summed E-state index contributed by atoms with van der Waals surface area (Å²) < 4.78 is 14.6. The zero-order chi connectivity index (χ0) is 16.7. The molecule has 6 heteroatoms. The van der Waals surface area contributed by atoms with Crippen LogP contribution in [0.3, 0.4) is 0 Å². The van der Waals surface area contributed by atoms with E-state index < -0.39 is 5.92 Å². The third-order valence-electron chi connectivity index (χ3n) is 5.78. The Balaban J connectivity index is 1.48. The zero-order valence-corrected chi connectivity index (χ0v) is 13.6. The lowest BCUT2D eigenvalue weighted by Gasteiger charge is -2.49. The summed E-state index contributed by atoms with van der Waals surface area (Å²) in [4.78, 5) is 25.3. The maximum Gasteiger partial charge on any atom is 0.234 e.